The lowest BCUT2D eigenvalue weighted by molar-refractivity contribution is 0.0600. The second kappa shape index (κ2) is 7.34. The minimum absolute atomic E-state index is 0.0999. The summed E-state index contributed by atoms with van der Waals surface area (Å²) in [4.78, 5) is 14.8. The lowest BCUT2D eigenvalue weighted by atomic mass is 9.97. The SMILES string of the molecule is CCCC1CCCCN1C(=O)c1ccc(OCC)c(N)c1. The van der Waals surface area contributed by atoms with Gasteiger partial charge in [0.2, 0.25) is 0 Å². The number of hydrogen-bond acceptors (Lipinski definition) is 3. The van der Waals surface area contributed by atoms with E-state index in [0.29, 0.717) is 29.6 Å². The first-order chi connectivity index (χ1) is 10.2. The number of nitrogen functional groups attached to an aromatic ring is 1. The third-order valence-corrected chi connectivity index (χ3v) is 4.07. The number of amides is 1. The monoisotopic (exact) mass is 290 g/mol. The molecule has 1 aliphatic heterocycles. The van der Waals surface area contributed by atoms with Gasteiger partial charge in [0.1, 0.15) is 5.75 Å². The van der Waals surface area contributed by atoms with Crippen LogP contribution in [0.3, 0.4) is 0 Å². The number of likely N-dealkylation sites (tertiary alicyclic amines) is 1. The molecule has 0 saturated carbocycles. The zero-order chi connectivity index (χ0) is 15.2. The molecule has 1 aromatic rings. The molecule has 1 atom stereocenters. The van der Waals surface area contributed by atoms with Crippen LogP contribution in [0.2, 0.25) is 0 Å². The number of hydrogen-bond donors (Lipinski definition) is 1. The molecule has 1 amide bonds. The molecule has 2 rings (SSSR count). The van der Waals surface area contributed by atoms with Crippen molar-refractivity contribution < 1.29 is 9.53 Å². The number of piperidine rings is 1. The van der Waals surface area contributed by atoms with E-state index >= 15 is 0 Å². The topological polar surface area (TPSA) is 55.6 Å². The Morgan fingerprint density at radius 1 is 1.38 bits per heavy atom. The summed E-state index contributed by atoms with van der Waals surface area (Å²) in [5.74, 6) is 0.751. The minimum atomic E-state index is 0.0999. The third kappa shape index (κ3) is 3.69. The maximum atomic E-state index is 12.7. The highest BCUT2D eigenvalue weighted by Gasteiger charge is 2.27. The van der Waals surface area contributed by atoms with E-state index in [1.807, 2.05) is 17.9 Å². The van der Waals surface area contributed by atoms with Gasteiger partial charge in [0.05, 0.1) is 12.3 Å². The molecule has 0 aromatic heterocycles. The van der Waals surface area contributed by atoms with Crippen molar-refractivity contribution in [1.82, 2.24) is 4.90 Å². The summed E-state index contributed by atoms with van der Waals surface area (Å²) in [6.07, 6.45) is 5.63. The van der Waals surface area contributed by atoms with Crippen LogP contribution in [0.25, 0.3) is 0 Å². The predicted molar refractivity (Wildman–Crippen MR) is 85.6 cm³/mol. The number of benzene rings is 1. The second-order valence-corrected chi connectivity index (χ2v) is 5.62. The highest BCUT2D eigenvalue weighted by atomic mass is 16.5. The van der Waals surface area contributed by atoms with Crippen molar-refractivity contribution in [2.24, 2.45) is 0 Å². The number of ether oxygens (including phenoxy) is 1. The van der Waals surface area contributed by atoms with Crippen molar-refractivity contribution in [3.8, 4) is 5.75 Å². The van der Waals surface area contributed by atoms with Crippen molar-refractivity contribution in [2.45, 2.75) is 52.0 Å². The van der Waals surface area contributed by atoms with Crippen LogP contribution in [-0.4, -0.2) is 30.0 Å². The Morgan fingerprint density at radius 2 is 2.19 bits per heavy atom. The van der Waals surface area contributed by atoms with Crippen molar-refractivity contribution in [2.75, 3.05) is 18.9 Å². The van der Waals surface area contributed by atoms with Gasteiger partial charge in [0.15, 0.2) is 0 Å². The molecule has 116 valence electrons. The number of rotatable bonds is 5. The van der Waals surface area contributed by atoms with Crippen molar-refractivity contribution in [1.29, 1.82) is 0 Å². The van der Waals surface area contributed by atoms with Crippen LogP contribution in [0, 0.1) is 0 Å². The number of nitrogens with zero attached hydrogens (tertiary/aromatic N) is 1. The van der Waals surface area contributed by atoms with Crippen LogP contribution >= 0.6 is 0 Å². The molecule has 0 aliphatic carbocycles. The summed E-state index contributed by atoms with van der Waals surface area (Å²) in [5, 5.41) is 0. The van der Waals surface area contributed by atoms with Crippen LogP contribution in [0.15, 0.2) is 18.2 Å². The highest BCUT2D eigenvalue weighted by molar-refractivity contribution is 5.95. The second-order valence-electron chi connectivity index (χ2n) is 5.62. The average molecular weight is 290 g/mol. The van der Waals surface area contributed by atoms with Crippen LogP contribution < -0.4 is 10.5 Å². The summed E-state index contributed by atoms with van der Waals surface area (Å²) in [7, 11) is 0. The largest absolute Gasteiger partial charge is 0.492 e. The van der Waals surface area contributed by atoms with E-state index in [1.54, 1.807) is 12.1 Å². The van der Waals surface area contributed by atoms with Gasteiger partial charge in [0, 0.05) is 18.2 Å². The van der Waals surface area contributed by atoms with Crippen LogP contribution in [0.1, 0.15) is 56.3 Å². The smallest absolute Gasteiger partial charge is 0.254 e. The Bertz CT molecular complexity index is 486. The Hall–Kier alpha value is -1.71. The summed E-state index contributed by atoms with van der Waals surface area (Å²) < 4.78 is 5.43. The van der Waals surface area contributed by atoms with Crippen molar-refractivity contribution in [3.05, 3.63) is 23.8 Å². The fourth-order valence-electron chi connectivity index (χ4n) is 3.04. The first kappa shape index (κ1) is 15.7. The molecule has 0 spiro atoms. The van der Waals surface area contributed by atoms with E-state index in [-0.39, 0.29) is 5.91 Å². The highest BCUT2D eigenvalue weighted by Crippen LogP contribution is 2.26. The Labute approximate surface area is 127 Å². The van der Waals surface area contributed by atoms with Gasteiger partial charge in [-0.1, -0.05) is 13.3 Å². The maximum absolute atomic E-state index is 12.7. The number of carbonyl (C=O) groups excluding carboxylic acids is 1. The average Bonchev–Trinajstić information content (AvgIpc) is 2.50. The molecule has 0 radical (unpaired) electrons. The quantitative estimate of drug-likeness (QED) is 0.845. The van der Waals surface area contributed by atoms with Gasteiger partial charge in [-0.2, -0.15) is 0 Å². The molecule has 1 aromatic carbocycles. The lowest BCUT2D eigenvalue weighted by Crippen LogP contribution is -2.43. The fraction of sp³-hybridized carbons (Fsp3) is 0.588. The molecule has 2 N–H and O–H groups in total. The van der Waals surface area contributed by atoms with Crippen LogP contribution in [0.5, 0.6) is 5.75 Å². The lowest BCUT2D eigenvalue weighted by Gasteiger charge is -2.36. The van der Waals surface area contributed by atoms with Gasteiger partial charge in [0.25, 0.3) is 5.91 Å². The van der Waals surface area contributed by atoms with E-state index < -0.39 is 0 Å². The van der Waals surface area contributed by atoms with Crippen molar-refractivity contribution in [3.63, 3.8) is 0 Å². The van der Waals surface area contributed by atoms with E-state index in [1.165, 1.54) is 6.42 Å². The van der Waals surface area contributed by atoms with Gasteiger partial charge in [-0.3, -0.25) is 4.79 Å². The summed E-state index contributed by atoms with van der Waals surface area (Å²) >= 11 is 0. The molecule has 1 heterocycles. The zero-order valence-electron chi connectivity index (χ0n) is 13.1. The number of anilines is 1. The van der Waals surface area contributed by atoms with Crippen LogP contribution in [0.4, 0.5) is 5.69 Å². The number of nitrogens with two attached hydrogens (primary N) is 1. The summed E-state index contributed by atoms with van der Waals surface area (Å²) in [6.45, 7) is 5.52. The van der Waals surface area contributed by atoms with Crippen LogP contribution in [-0.2, 0) is 0 Å². The Morgan fingerprint density at radius 3 is 2.86 bits per heavy atom. The number of carbonyl (C=O) groups is 1. The third-order valence-electron chi connectivity index (χ3n) is 4.07. The molecule has 1 fully saturated rings. The fourth-order valence-corrected chi connectivity index (χ4v) is 3.04. The first-order valence-corrected chi connectivity index (χ1v) is 8.00. The Kier molecular flexibility index (Phi) is 5.48. The maximum Gasteiger partial charge on any atom is 0.254 e. The molecule has 21 heavy (non-hydrogen) atoms. The Balaban J connectivity index is 2.16. The van der Waals surface area contributed by atoms with Crippen molar-refractivity contribution >= 4 is 11.6 Å². The van der Waals surface area contributed by atoms with Gasteiger partial charge in [-0.15, -0.1) is 0 Å². The normalized spacial score (nSPS) is 18.6. The molecule has 1 saturated heterocycles. The van der Waals surface area contributed by atoms with E-state index in [0.717, 1.165) is 32.2 Å². The molecule has 1 aliphatic rings. The van der Waals surface area contributed by atoms with E-state index in [9.17, 15) is 4.79 Å². The van der Waals surface area contributed by atoms with E-state index in [2.05, 4.69) is 6.92 Å². The standard InChI is InChI=1S/C17H26N2O2/c1-3-7-14-8-5-6-11-19(14)17(20)13-9-10-16(21-4-2)15(18)12-13/h9-10,12,14H,3-8,11,18H2,1-2H3. The first-order valence-electron chi connectivity index (χ1n) is 8.00. The summed E-state index contributed by atoms with van der Waals surface area (Å²) in [5.41, 5.74) is 7.17. The molecule has 4 nitrogen and oxygen atoms in total. The minimum Gasteiger partial charge on any atom is -0.492 e. The molecular weight excluding hydrogens is 264 g/mol. The molecule has 4 heteroatoms. The molecule has 1 unspecified atom stereocenters. The summed E-state index contributed by atoms with van der Waals surface area (Å²) in [6, 6.07) is 5.74. The molecule has 0 bridgehead atoms. The van der Waals surface area contributed by atoms with Gasteiger partial charge >= 0.3 is 0 Å². The predicted octanol–water partition coefficient (Wildman–Crippen LogP) is 3.46. The van der Waals surface area contributed by atoms with Gasteiger partial charge in [-0.05, 0) is 50.8 Å². The van der Waals surface area contributed by atoms with E-state index in [4.69, 9.17) is 10.5 Å². The molecular formula is C17H26N2O2. The zero-order valence-corrected chi connectivity index (χ0v) is 13.1. The van der Waals surface area contributed by atoms with Gasteiger partial charge < -0.3 is 15.4 Å². The van der Waals surface area contributed by atoms with Gasteiger partial charge in [-0.25, -0.2) is 0 Å².